The predicted octanol–water partition coefficient (Wildman–Crippen LogP) is -0.542. The van der Waals surface area contributed by atoms with Crippen LogP contribution in [0.2, 0.25) is 0 Å². The van der Waals surface area contributed by atoms with E-state index in [-0.39, 0.29) is 24.5 Å². The van der Waals surface area contributed by atoms with E-state index >= 15 is 0 Å². The molecule has 15 heavy (non-hydrogen) atoms. The Hall–Kier alpha value is -0.650. The molecule has 0 aromatic heterocycles. The van der Waals surface area contributed by atoms with Gasteiger partial charge in [0.15, 0.2) is 0 Å². The second-order valence-corrected chi connectivity index (χ2v) is 4.23. The Morgan fingerprint density at radius 1 is 1.60 bits per heavy atom. The zero-order valence-electron chi connectivity index (χ0n) is 9.44. The fraction of sp³-hybridized carbons (Fsp3) is 0.900. The Morgan fingerprint density at radius 2 is 2.20 bits per heavy atom. The first kappa shape index (κ1) is 12.4. The predicted molar refractivity (Wildman–Crippen MR) is 57.8 cm³/mol. The van der Waals surface area contributed by atoms with Crippen LogP contribution in [0.5, 0.6) is 0 Å². The molecule has 1 aliphatic rings. The molecule has 1 aliphatic carbocycles. The molecule has 1 fully saturated rings. The van der Waals surface area contributed by atoms with Crippen LogP contribution in [0, 0.1) is 5.92 Å². The molecule has 2 atom stereocenters. The van der Waals surface area contributed by atoms with Gasteiger partial charge in [0.2, 0.25) is 5.91 Å². The van der Waals surface area contributed by atoms with Crippen molar-refractivity contribution in [2.75, 3.05) is 13.2 Å². The number of amides is 1. The lowest BCUT2D eigenvalue weighted by Crippen LogP contribution is -2.47. The van der Waals surface area contributed by atoms with Gasteiger partial charge in [0.25, 0.3) is 0 Å². The molecule has 0 aromatic carbocycles. The number of carbonyl (C=O) groups excluding carboxylic acids is 1. The first-order chi connectivity index (χ1) is 7.11. The first-order valence-electron chi connectivity index (χ1n) is 5.48. The molecule has 0 radical (unpaired) electrons. The third-order valence-corrected chi connectivity index (χ3v) is 3.18. The molecule has 1 rings (SSSR count). The van der Waals surface area contributed by atoms with Gasteiger partial charge < -0.3 is 5.11 Å². The van der Waals surface area contributed by atoms with E-state index < -0.39 is 0 Å². The van der Waals surface area contributed by atoms with Crippen molar-refractivity contribution in [1.82, 2.24) is 10.3 Å². The van der Waals surface area contributed by atoms with Crippen LogP contribution in [0.25, 0.3) is 0 Å². The van der Waals surface area contributed by atoms with Crippen molar-refractivity contribution in [1.29, 1.82) is 0 Å². The number of hydrogen-bond donors (Lipinski definition) is 3. The zero-order valence-corrected chi connectivity index (χ0v) is 9.44. The van der Waals surface area contributed by atoms with Gasteiger partial charge in [0, 0.05) is 18.6 Å². The number of aliphatic hydroxyl groups is 1. The van der Waals surface area contributed by atoms with Crippen molar-refractivity contribution in [3.63, 3.8) is 0 Å². The molecule has 2 unspecified atom stereocenters. The van der Waals surface area contributed by atoms with Crippen molar-refractivity contribution in [2.45, 2.75) is 38.8 Å². The molecule has 0 spiro atoms. The van der Waals surface area contributed by atoms with Gasteiger partial charge in [-0.3, -0.25) is 15.1 Å². The zero-order chi connectivity index (χ0) is 11.4. The molecule has 5 heteroatoms. The normalized spacial score (nSPS) is 20.1. The lowest BCUT2D eigenvalue weighted by atomic mass is 10.0. The molecule has 5 nitrogen and oxygen atoms in total. The molecule has 88 valence electrons. The summed E-state index contributed by atoms with van der Waals surface area (Å²) in [6, 6.07) is 0.661. The standard InChI is InChI=1S/C10H21N3O2/c1-7(10(15)12-11)8(2)13(5-6-14)9-3-4-9/h7-9,14H,3-6,11H2,1-2H3,(H,12,15). The second kappa shape index (κ2) is 5.44. The van der Waals surface area contributed by atoms with Crippen molar-refractivity contribution in [3.05, 3.63) is 0 Å². The molecule has 0 aliphatic heterocycles. The molecule has 4 N–H and O–H groups in total. The number of hydrazine groups is 1. The van der Waals surface area contributed by atoms with Crippen LogP contribution in [0.1, 0.15) is 26.7 Å². The summed E-state index contributed by atoms with van der Waals surface area (Å²) < 4.78 is 0. The van der Waals surface area contributed by atoms with Gasteiger partial charge in [-0.25, -0.2) is 5.84 Å². The minimum absolute atomic E-state index is 0.119. The average Bonchev–Trinajstić information content (AvgIpc) is 3.06. The van der Waals surface area contributed by atoms with E-state index in [2.05, 4.69) is 10.3 Å². The van der Waals surface area contributed by atoms with Crippen LogP contribution < -0.4 is 11.3 Å². The maximum Gasteiger partial charge on any atom is 0.238 e. The average molecular weight is 215 g/mol. The monoisotopic (exact) mass is 215 g/mol. The molecule has 1 amide bonds. The third-order valence-electron chi connectivity index (χ3n) is 3.18. The number of rotatable bonds is 6. The Bertz CT molecular complexity index is 219. The number of carbonyl (C=O) groups is 1. The third kappa shape index (κ3) is 3.15. The highest BCUT2D eigenvalue weighted by molar-refractivity contribution is 5.78. The Morgan fingerprint density at radius 3 is 2.60 bits per heavy atom. The van der Waals surface area contributed by atoms with Crippen LogP contribution in [0.3, 0.4) is 0 Å². The highest BCUT2D eigenvalue weighted by atomic mass is 16.3. The lowest BCUT2D eigenvalue weighted by molar-refractivity contribution is -0.126. The number of aliphatic hydroxyl groups excluding tert-OH is 1. The molecule has 0 heterocycles. The van der Waals surface area contributed by atoms with Crippen LogP contribution in [0.4, 0.5) is 0 Å². The lowest BCUT2D eigenvalue weighted by Gasteiger charge is -2.31. The van der Waals surface area contributed by atoms with Crippen molar-refractivity contribution < 1.29 is 9.90 Å². The van der Waals surface area contributed by atoms with Crippen molar-refractivity contribution in [3.8, 4) is 0 Å². The van der Waals surface area contributed by atoms with E-state index in [4.69, 9.17) is 10.9 Å². The van der Waals surface area contributed by atoms with Crippen LogP contribution in [-0.4, -0.2) is 41.1 Å². The molecular weight excluding hydrogens is 194 g/mol. The molecule has 0 saturated heterocycles. The Labute approximate surface area is 90.6 Å². The van der Waals surface area contributed by atoms with Gasteiger partial charge >= 0.3 is 0 Å². The highest BCUT2D eigenvalue weighted by Gasteiger charge is 2.35. The van der Waals surface area contributed by atoms with Crippen LogP contribution in [0.15, 0.2) is 0 Å². The van der Waals surface area contributed by atoms with E-state index in [1.165, 1.54) is 12.8 Å². The summed E-state index contributed by atoms with van der Waals surface area (Å²) in [6.45, 7) is 4.64. The summed E-state index contributed by atoms with van der Waals surface area (Å²) in [6.07, 6.45) is 2.34. The van der Waals surface area contributed by atoms with E-state index in [1.54, 1.807) is 0 Å². The maximum absolute atomic E-state index is 11.4. The number of nitrogens with zero attached hydrogens (tertiary/aromatic N) is 1. The van der Waals surface area contributed by atoms with Gasteiger partial charge in [-0.2, -0.15) is 0 Å². The van der Waals surface area contributed by atoms with Gasteiger partial charge in [-0.1, -0.05) is 6.92 Å². The van der Waals surface area contributed by atoms with Gasteiger partial charge in [-0.05, 0) is 19.8 Å². The smallest absolute Gasteiger partial charge is 0.238 e. The first-order valence-corrected chi connectivity index (χ1v) is 5.48. The fourth-order valence-corrected chi connectivity index (χ4v) is 1.88. The molecule has 1 saturated carbocycles. The van der Waals surface area contributed by atoms with Gasteiger partial charge in [-0.15, -0.1) is 0 Å². The van der Waals surface area contributed by atoms with E-state index in [9.17, 15) is 4.79 Å². The summed E-state index contributed by atoms with van der Waals surface area (Å²) >= 11 is 0. The van der Waals surface area contributed by atoms with Crippen LogP contribution >= 0.6 is 0 Å². The number of nitrogens with one attached hydrogen (secondary N) is 1. The molecular formula is C10H21N3O2. The summed E-state index contributed by atoms with van der Waals surface area (Å²) in [7, 11) is 0. The summed E-state index contributed by atoms with van der Waals surface area (Å²) in [4.78, 5) is 13.6. The van der Waals surface area contributed by atoms with Crippen molar-refractivity contribution in [2.24, 2.45) is 11.8 Å². The SMILES string of the molecule is CC(C(=O)NN)C(C)N(CCO)C1CC1. The minimum atomic E-state index is -0.151. The highest BCUT2D eigenvalue weighted by Crippen LogP contribution is 2.30. The Kier molecular flexibility index (Phi) is 4.50. The van der Waals surface area contributed by atoms with Gasteiger partial charge in [0.1, 0.15) is 0 Å². The topological polar surface area (TPSA) is 78.6 Å². The molecule has 0 bridgehead atoms. The quantitative estimate of drug-likeness (QED) is 0.316. The number of nitrogens with two attached hydrogens (primary N) is 1. The second-order valence-electron chi connectivity index (χ2n) is 4.23. The van der Waals surface area contributed by atoms with Crippen LogP contribution in [-0.2, 0) is 4.79 Å². The van der Waals surface area contributed by atoms with Crippen molar-refractivity contribution >= 4 is 5.91 Å². The largest absolute Gasteiger partial charge is 0.395 e. The summed E-state index contributed by atoms with van der Waals surface area (Å²) in [5.41, 5.74) is 2.17. The fourth-order valence-electron chi connectivity index (χ4n) is 1.88. The van der Waals surface area contributed by atoms with E-state index in [0.717, 1.165) is 0 Å². The summed E-state index contributed by atoms with van der Waals surface area (Å²) in [5.74, 6) is 4.81. The maximum atomic E-state index is 11.4. The minimum Gasteiger partial charge on any atom is -0.395 e. The number of hydrogen-bond acceptors (Lipinski definition) is 4. The van der Waals surface area contributed by atoms with E-state index in [1.807, 2.05) is 13.8 Å². The Balaban J connectivity index is 2.53. The van der Waals surface area contributed by atoms with Gasteiger partial charge in [0.05, 0.1) is 12.5 Å². The molecule has 0 aromatic rings. The summed E-state index contributed by atoms with van der Waals surface area (Å²) in [5, 5.41) is 8.97. The van der Waals surface area contributed by atoms with E-state index in [0.29, 0.717) is 12.6 Å².